The van der Waals surface area contributed by atoms with Gasteiger partial charge in [0.2, 0.25) is 5.91 Å². The molecule has 0 heterocycles. The van der Waals surface area contributed by atoms with Gasteiger partial charge < -0.3 is 19.9 Å². The average molecular weight is 253 g/mol. The number of aliphatic hydroxyl groups is 1. The van der Waals surface area contributed by atoms with E-state index >= 15 is 0 Å². The predicted octanol–water partition coefficient (Wildman–Crippen LogP) is 1.34. The van der Waals surface area contributed by atoms with E-state index in [0.29, 0.717) is 24.5 Å². The van der Waals surface area contributed by atoms with Gasteiger partial charge in [-0.25, -0.2) is 0 Å². The summed E-state index contributed by atoms with van der Waals surface area (Å²) in [6.07, 6.45) is -0.629. The number of methoxy groups -OCH3 is 1. The summed E-state index contributed by atoms with van der Waals surface area (Å²) in [5, 5.41) is 12.3. The number of hydrogen-bond donors (Lipinski definition) is 2. The largest absolute Gasteiger partial charge is 0.389 e. The summed E-state index contributed by atoms with van der Waals surface area (Å²) in [4.78, 5) is 11.6. The van der Waals surface area contributed by atoms with E-state index in [2.05, 4.69) is 5.32 Å². The lowest BCUT2D eigenvalue weighted by molar-refractivity contribution is -0.121. The molecule has 1 amide bonds. The van der Waals surface area contributed by atoms with Crippen LogP contribution in [0.5, 0.6) is 0 Å². The molecule has 0 radical (unpaired) electrons. The molecule has 0 saturated carbocycles. The number of amides is 1. The average Bonchev–Trinajstić information content (AvgIpc) is 2.35. The zero-order valence-electron chi connectivity index (χ0n) is 10.7. The molecule has 0 aromatic heterocycles. The summed E-state index contributed by atoms with van der Waals surface area (Å²) < 4.78 is 9.91. The Balaban J connectivity index is 2.49. The quantitative estimate of drug-likeness (QED) is 0.720. The van der Waals surface area contributed by atoms with Gasteiger partial charge in [-0.3, -0.25) is 4.79 Å². The van der Waals surface area contributed by atoms with E-state index in [1.807, 2.05) is 6.07 Å². The van der Waals surface area contributed by atoms with Crippen molar-refractivity contribution in [3.63, 3.8) is 0 Å². The van der Waals surface area contributed by atoms with Crippen LogP contribution in [-0.4, -0.2) is 37.9 Å². The minimum atomic E-state index is -0.629. The molecule has 0 spiro atoms. The summed E-state index contributed by atoms with van der Waals surface area (Å²) in [6, 6.07) is 7.13. The molecule has 100 valence electrons. The fraction of sp³-hybridized carbons (Fsp3) is 0.462. The molecule has 1 aromatic rings. The van der Waals surface area contributed by atoms with Gasteiger partial charge in [0.15, 0.2) is 0 Å². The predicted molar refractivity (Wildman–Crippen MR) is 68.4 cm³/mol. The number of aliphatic hydroxyl groups excluding tert-OH is 1. The fourth-order valence-corrected chi connectivity index (χ4v) is 1.47. The highest BCUT2D eigenvalue weighted by atomic mass is 16.5. The first kappa shape index (κ1) is 14.6. The smallest absolute Gasteiger partial charge is 0.250 e. The maximum absolute atomic E-state index is 11.6. The molecule has 2 N–H and O–H groups in total. The van der Waals surface area contributed by atoms with E-state index in [-0.39, 0.29) is 12.5 Å². The molecular weight excluding hydrogens is 234 g/mol. The van der Waals surface area contributed by atoms with Crippen molar-refractivity contribution >= 4 is 11.6 Å². The number of ether oxygens (including phenoxy) is 2. The Morgan fingerprint density at radius 2 is 2.11 bits per heavy atom. The zero-order chi connectivity index (χ0) is 13.4. The van der Waals surface area contributed by atoms with Crippen molar-refractivity contribution in [2.75, 3.05) is 32.2 Å². The van der Waals surface area contributed by atoms with Crippen LogP contribution in [0.3, 0.4) is 0 Å². The second-order valence-corrected chi connectivity index (χ2v) is 3.86. The summed E-state index contributed by atoms with van der Waals surface area (Å²) in [5.74, 6) is -0.251. The monoisotopic (exact) mass is 253 g/mol. The molecule has 1 rings (SSSR count). The Morgan fingerprint density at radius 3 is 2.78 bits per heavy atom. The molecule has 5 nitrogen and oxygen atoms in total. The number of rotatable bonds is 7. The number of hydrogen-bond acceptors (Lipinski definition) is 4. The minimum Gasteiger partial charge on any atom is -0.389 e. The highest BCUT2D eigenvalue weighted by molar-refractivity contribution is 5.92. The van der Waals surface area contributed by atoms with Gasteiger partial charge in [0.05, 0.1) is 19.3 Å². The molecule has 1 aromatic carbocycles. The molecule has 1 unspecified atom stereocenters. The van der Waals surface area contributed by atoms with Gasteiger partial charge in [0.1, 0.15) is 6.61 Å². The lowest BCUT2D eigenvalue weighted by atomic mass is 10.1. The Morgan fingerprint density at radius 1 is 1.39 bits per heavy atom. The zero-order valence-corrected chi connectivity index (χ0v) is 10.7. The third kappa shape index (κ3) is 4.83. The van der Waals surface area contributed by atoms with Gasteiger partial charge in [-0.05, 0) is 13.0 Å². The van der Waals surface area contributed by atoms with Gasteiger partial charge >= 0.3 is 0 Å². The van der Waals surface area contributed by atoms with Gasteiger partial charge in [-0.1, -0.05) is 18.2 Å². The number of carbonyl (C=O) groups is 1. The lowest BCUT2D eigenvalue weighted by Gasteiger charge is -2.13. The van der Waals surface area contributed by atoms with Crippen LogP contribution < -0.4 is 5.32 Å². The topological polar surface area (TPSA) is 67.8 Å². The maximum atomic E-state index is 11.6. The molecular formula is C13H19NO4. The fourth-order valence-electron chi connectivity index (χ4n) is 1.47. The first-order valence-corrected chi connectivity index (χ1v) is 5.78. The lowest BCUT2D eigenvalue weighted by Crippen LogP contribution is -2.20. The molecule has 18 heavy (non-hydrogen) atoms. The van der Waals surface area contributed by atoms with E-state index in [9.17, 15) is 9.90 Å². The van der Waals surface area contributed by atoms with Gasteiger partial charge in [0.25, 0.3) is 0 Å². The molecule has 0 bridgehead atoms. The van der Waals surface area contributed by atoms with Gasteiger partial charge in [0, 0.05) is 18.4 Å². The molecule has 5 heteroatoms. The number of anilines is 1. The Bertz CT molecular complexity index is 379. The SMILES string of the molecule is COCCOCC(=O)Nc1ccccc1C(C)O. The third-order valence-corrected chi connectivity index (χ3v) is 2.35. The van der Waals surface area contributed by atoms with E-state index in [0.717, 1.165) is 0 Å². The molecule has 0 aliphatic rings. The van der Waals surface area contributed by atoms with Crippen LogP contribution >= 0.6 is 0 Å². The summed E-state index contributed by atoms with van der Waals surface area (Å²) in [6.45, 7) is 2.46. The number of para-hydroxylation sites is 1. The highest BCUT2D eigenvalue weighted by Gasteiger charge is 2.09. The van der Waals surface area contributed by atoms with E-state index in [1.165, 1.54) is 0 Å². The third-order valence-electron chi connectivity index (χ3n) is 2.35. The van der Waals surface area contributed by atoms with Crippen LogP contribution in [0.25, 0.3) is 0 Å². The van der Waals surface area contributed by atoms with E-state index in [4.69, 9.17) is 9.47 Å². The summed E-state index contributed by atoms with van der Waals surface area (Å²) >= 11 is 0. The number of benzene rings is 1. The van der Waals surface area contributed by atoms with E-state index in [1.54, 1.807) is 32.2 Å². The van der Waals surface area contributed by atoms with Crippen molar-refractivity contribution in [2.24, 2.45) is 0 Å². The Kier molecular flexibility index (Phi) is 6.35. The molecule has 0 aliphatic heterocycles. The molecule has 1 atom stereocenters. The van der Waals surface area contributed by atoms with Crippen LogP contribution in [0.15, 0.2) is 24.3 Å². The molecule has 0 aliphatic carbocycles. The number of carbonyl (C=O) groups excluding carboxylic acids is 1. The second-order valence-electron chi connectivity index (χ2n) is 3.86. The van der Waals surface area contributed by atoms with Crippen molar-refractivity contribution < 1.29 is 19.4 Å². The molecule has 0 fully saturated rings. The summed E-state index contributed by atoms with van der Waals surface area (Å²) in [5.41, 5.74) is 1.29. The Labute approximate surface area is 107 Å². The standard InChI is InChI=1S/C13H19NO4/c1-10(15)11-5-3-4-6-12(11)14-13(16)9-18-8-7-17-2/h3-6,10,15H,7-9H2,1-2H3,(H,14,16). The minimum absolute atomic E-state index is 0.0303. The molecule has 0 saturated heterocycles. The second kappa shape index (κ2) is 7.81. The van der Waals surface area contributed by atoms with Crippen LogP contribution in [-0.2, 0) is 14.3 Å². The summed E-state index contributed by atoms with van der Waals surface area (Å²) in [7, 11) is 1.57. The van der Waals surface area contributed by atoms with Gasteiger partial charge in [-0.2, -0.15) is 0 Å². The maximum Gasteiger partial charge on any atom is 0.250 e. The van der Waals surface area contributed by atoms with Gasteiger partial charge in [-0.15, -0.1) is 0 Å². The first-order valence-electron chi connectivity index (χ1n) is 5.78. The highest BCUT2D eigenvalue weighted by Crippen LogP contribution is 2.21. The van der Waals surface area contributed by atoms with E-state index < -0.39 is 6.10 Å². The Hall–Kier alpha value is -1.43. The van der Waals surface area contributed by atoms with Crippen LogP contribution in [0.2, 0.25) is 0 Å². The van der Waals surface area contributed by atoms with Crippen molar-refractivity contribution in [1.29, 1.82) is 0 Å². The van der Waals surface area contributed by atoms with Crippen molar-refractivity contribution in [2.45, 2.75) is 13.0 Å². The normalized spacial score (nSPS) is 12.2. The van der Waals surface area contributed by atoms with Crippen molar-refractivity contribution in [3.8, 4) is 0 Å². The van der Waals surface area contributed by atoms with Crippen molar-refractivity contribution in [1.82, 2.24) is 0 Å². The van der Waals surface area contributed by atoms with Crippen LogP contribution in [0.4, 0.5) is 5.69 Å². The number of nitrogens with one attached hydrogen (secondary N) is 1. The van der Waals surface area contributed by atoms with Crippen LogP contribution in [0, 0.1) is 0 Å². The van der Waals surface area contributed by atoms with Crippen molar-refractivity contribution in [3.05, 3.63) is 29.8 Å². The van der Waals surface area contributed by atoms with Crippen LogP contribution in [0.1, 0.15) is 18.6 Å². The first-order chi connectivity index (χ1) is 8.65.